The van der Waals surface area contributed by atoms with E-state index in [0.717, 1.165) is 72.5 Å². The molecule has 4 aromatic rings. The summed E-state index contributed by atoms with van der Waals surface area (Å²) in [6.07, 6.45) is 11.9. The lowest BCUT2D eigenvalue weighted by atomic mass is 9.91. The number of aromatic nitrogens is 1. The third-order valence-electron chi connectivity index (χ3n) is 7.33. The third kappa shape index (κ3) is 7.60. The maximum Gasteiger partial charge on any atom is 0.101 e. The van der Waals surface area contributed by atoms with Gasteiger partial charge < -0.3 is 0 Å². The second-order valence-corrected chi connectivity index (χ2v) is 10.8. The fourth-order valence-electron chi connectivity index (χ4n) is 5.10. The minimum absolute atomic E-state index is 0.587. The summed E-state index contributed by atoms with van der Waals surface area (Å²) < 4.78 is 0. The standard InChI is InChI=1S/C35H34Cl2N2/c1-3-29-21-35(37)33(20-31(29)14-13-27-18-28(22-38)24-39-23-27)16-15-30-10-7-12-34(25(30)2)32-11-6-9-26(19-32)8-4-5-17-36/h3,6-7,9-12,18-21,23-24H,1,4-5,8,13-17H2,2H3. The van der Waals surface area contributed by atoms with Crippen LogP contribution in [0.2, 0.25) is 5.02 Å². The van der Waals surface area contributed by atoms with Gasteiger partial charge in [0.1, 0.15) is 6.07 Å². The number of unbranched alkanes of at least 4 members (excludes halogenated alkanes) is 1. The summed E-state index contributed by atoms with van der Waals surface area (Å²) in [7, 11) is 0. The van der Waals surface area contributed by atoms with Gasteiger partial charge >= 0.3 is 0 Å². The molecule has 3 aromatic carbocycles. The van der Waals surface area contributed by atoms with E-state index in [1.807, 2.05) is 24.4 Å². The summed E-state index contributed by atoms with van der Waals surface area (Å²) in [6.45, 7) is 6.22. The molecule has 0 N–H and O–H groups in total. The molecule has 0 spiro atoms. The van der Waals surface area contributed by atoms with E-state index in [1.165, 1.54) is 33.4 Å². The molecule has 2 nitrogen and oxygen atoms in total. The predicted molar refractivity (Wildman–Crippen MR) is 166 cm³/mol. The first-order chi connectivity index (χ1) is 19.0. The molecule has 1 heterocycles. The zero-order chi connectivity index (χ0) is 27.6. The third-order valence-corrected chi connectivity index (χ3v) is 7.95. The number of hydrogen-bond donors (Lipinski definition) is 0. The largest absolute Gasteiger partial charge is 0.263 e. The minimum Gasteiger partial charge on any atom is -0.263 e. The van der Waals surface area contributed by atoms with E-state index in [9.17, 15) is 5.26 Å². The molecule has 0 saturated heterocycles. The Balaban J connectivity index is 1.51. The van der Waals surface area contributed by atoms with E-state index in [1.54, 1.807) is 6.20 Å². The second-order valence-electron chi connectivity index (χ2n) is 9.98. The van der Waals surface area contributed by atoms with Crippen molar-refractivity contribution in [1.82, 2.24) is 4.98 Å². The van der Waals surface area contributed by atoms with Crippen LogP contribution in [0.5, 0.6) is 0 Å². The van der Waals surface area contributed by atoms with E-state index in [2.05, 4.69) is 73.1 Å². The summed E-state index contributed by atoms with van der Waals surface area (Å²) in [5.41, 5.74) is 11.6. The monoisotopic (exact) mass is 552 g/mol. The molecular weight excluding hydrogens is 519 g/mol. The molecular formula is C35H34Cl2N2. The van der Waals surface area contributed by atoms with Crippen LogP contribution in [0.3, 0.4) is 0 Å². The Morgan fingerprint density at radius 2 is 1.64 bits per heavy atom. The van der Waals surface area contributed by atoms with Crippen LogP contribution in [0.15, 0.2) is 79.6 Å². The van der Waals surface area contributed by atoms with Crippen molar-refractivity contribution in [2.75, 3.05) is 5.88 Å². The van der Waals surface area contributed by atoms with Gasteiger partial charge in [-0.1, -0.05) is 72.8 Å². The summed E-state index contributed by atoms with van der Waals surface area (Å²) in [4.78, 5) is 4.19. The fraction of sp³-hybridized carbons (Fsp3) is 0.257. The number of halogens is 2. The van der Waals surface area contributed by atoms with E-state index < -0.39 is 0 Å². The normalized spacial score (nSPS) is 10.8. The average molecular weight is 554 g/mol. The van der Waals surface area contributed by atoms with Crippen molar-refractivity contribution in [3.05, 3.63) is 129 Å². The van der Waals surface area contributed by atoms with Crippen molar-refractivity contribution >= 4 is 29.3 Å². The number of aryl methyl sites for hydroxylation is 5. The van der Waals surface area contributed by atoms with Crippen molar-refractivity contribution in [1.29, 1.82) is 5.26 Å². The van der Waals surface area contributed by atoms with Gasteiger partial charge in [-0.05, 0) is 114 Å². The minimum atomic E-state index is 0.587. The fourth-order valence-corrected chi connectivity index (χ4v) is 5.56. The van der Waals surface area contributed by atoms with Gasteiger partial charge in [0.05, 0.1) is 5.56 Å². The number of alkyl halides is 1. The number of rotatable bonds is 12. The SMILES string of the molecule is C=Cc1cc(Cl)c(CCc2cccc(-c3cccc(CCCCCl)c3)c2C)cc1CCc1cncc(C#N)c1. The quantitative estimate of drug-likeness (QED) is 0.129. The van der Waals surface area contributed by atoms with Crippen molar-refractivity contribution in [3.8, 4) is 17.2 Å². The number of hydrogen-bond acceptors (Lipinski definition) is 2. The Morgan fingerprint density at radius 1 is 0.846 bits per heavy atom. The van der Waals surface area contributed by atoms with Crippen LogP contribution in [-0.4, -0.2) is 10.9 Å². The maximum atomic E-state index is 9.18. The molecule has 39 heavy (non-hydrogen) atoms. The number of nitriles is 1. The van der Waals surface area contributed by atoms with Gasteiger partial charge in [-0.2, -0.15) is 5.26 Å². The molecule has 4 rings (SSSR count). The highest BCUT2D eigenvalue weighted by Gasteiger charge is 2.11. The van der Waals surface area contributed by atoms with E-state index in [0.29, 0.717) is 5.56 Å². The topological polar surface area (TPSA) is 36.7 Å². The van der Waals surface area contributed by atoms with Crippen molar-refractivity contribution < 1.29 is 0 Å². The predicted octanol–water partition coefficient (Wildman–Crippen LogP) is 9.36. The molecule has 0 unspecified atom stereocenters. The van der Waals surface area contributed by atoms with Gasteiger partial charge in [0, 0.05) is 23.3 Å². The van der Waals surface area contributed by atoms with Gasteiger partial charge in [0.2, 0.25) is 0 Å². The molecule has 0 aliphatic rings. The Bertz CT molecular complexity index is 1480. The zero-order valence-corrected chi connectivity index (χ0v) is 24.0. The van der Waals surface area contributed by atoms with Gasteiger partial charge in [0.25, 0.3) is 0 Å². The maximum absolute atomic E-state index is 9.18. The average Bonchev–Trinajstić information content (AvgIpc) is 2.96. The van der Waals surface area contributed by atoms with Crippen molar-refractivity contribution in [2.45, 2.75) is 51.9 Å². The van der Waals surface area contributed by atoms with Crippen LogP contribution in [0.1, 0.15) is 57.3 Å². The lowest BCUT2D eigenvalue weighted by Crippen LogP contribution is -2.01. The molecule has 0 bridgehead atoms. The number of nitrogens with zero attached hydrogens (tertiary/aromatic N) is 2. The first-order valence-electron chi connectivity index (χ1n) is 13.5. The lowest BCUT2D eigenvalue weighted by molar-refractivity contribution is 0.800. The summed E-state index contributed by atoms with van der Waals surface area (Å²) in [6, 6.07) is 23.8. The van der Waals surface area contributed by atoms with Gasteiger partial charge in [-0.15, -0.1) is 11.6 Å². The summed E-state index contributed by atoms with van der Waals surface area (Å²) >= 11 is 12.6. The molecule has 0 amide bonds. The highest BCUT2D eigenvalue weighted by molar-refractivity contribution is 6.31. The molecule has 0 atom stereocenters. The van der Waals surface area contributed by atoms with Crippen LogP contribution in [0, 0.1) is 18.3 Å². The van der Waals surface area contributed by atoms with E-state index in [-0.39, 0.29) is 0 Å². The number of pyridine rings is 1. The first-order valence-corrected chi connectivity index (χ1v) is 14.4. The molecule has 0 saturated carbocycles. The molecule has 4 heteroatoms. The van der Waals surface area contributed by atoms with Crippen LogP contribution in [-0.2, 0) is 32.1 Å². The van der Waals surface area contributed by atoms with Gasteiger partial charge in [-0.3, -0.25) is 4.98 Å². The van der Waals surface area contributed by atoms with Crippen molar-refractivity contribution in [2.24, 2.45) is 0 Å². The molecule has 0 aliphatic carbocycles. The Kier molecular flexibility index (Phi) is 10.4. The first kappa shape index (κ1) is 28.6. The smallest absolute Gasteiger partial charge is 0.101 e. The highest BCUT2D eigenvalue weighted by Crippen LogP contribution is 2.30. The number of benzene rings is 3. The van der Waals surface area contributed by atoms with Crippen LogP contribution >= 0.6 is 23.2 Å². The van der Waals surface area contributed by atoms with Gasteiger partial charge in [-0.25, -0.2) is 0 Å². The van der Waals surface area contributed by atoms with Crippen molar-refractivity contribution in [3.63, 3.8) is 0 Å². The summed E-state index contributed by atoms with van der Waals surface area (Å²) in [5.74, 6) is 0.719. The summed E-state index contributed by atoms with van der Waals surface area (Å²) in [5, 5.41) is 9.96. The molecule has 0 radical (unpaired) electrons. The van der Waals surface area contributed by atoms with Gasteiger partial charge in [0.15, 0.2) is 0 Å². The Labute approximate surface area is 243 Å². The lowest BCUT2D eigenvalue weighted by Gasteiger charge is -2.15. The highest BCUT2D eigenvalue weighted by atomic mass is 35.5. The second kappa shape index (κ2) is 14.1. The molecule has 1 aromatic heterocycles. The van der Waals surface area contributed by atoms with E-state index in [4.69, 9.17) is 23.2 Å². The molecule has 0 fully saturated rings. The van der Waals surface area contributed by atoms with E-state index >= 15 is 0 Å². The van der Waals surface area contributed by atoms with Crippen LogP contribution in [0.4, 0.5) is 0 Å². The molecule has 198 valence electrons. The van der Waals surface area contributed by atoms with Crippen LogP contribution in [0.25, 0.3) is 17.2 Å². The Hall–Kier alpha value is -3.38. The zero-order valence-electron chi connectivity index (χ0n) is 22.5. The molecule has 0 aliphatic heterocycles. The van der Waals surface area contributed by atoms with Crippen LogP contribution < -0.4 is 0 Å². The Morgan fingerprint density at radius 3 is 2.44 bits per heavy atom.